The van der Waals surface area contributed by atoms with Crippen molar-refractivity contribution in [2.45, 2.75) is 50.9 Å². The molecule has 21 heavy (non-hydrogen) atoms. The lowest BCUT2D eigenvalue weighted by atomic mass is 10.0. The van der Waals surface area contributed by atoms with Crippen molar-refractivity contribution in [1.29, 1.82) is 0 Å². The van der Waals surface area contributed by atoms with E-state index in [-0.39, 0.29) is 18.2 Å². The molecule has 0 aliphatic carbocycles. The van der Waals surface area contributed by atoms with Gasteiger partial charge in [0.15, 0.2) is 0 Å². The molecule has 4 heteroatoms. The number of ether oxygens (including phenoxy) is 3. The first-order valence-electron chi connectivity index (χ1n) is 7.87. The number of benzene rings is 1. The molecule has 1 saturated heterocycles. The Kier molecular flexibility index (Phi) is 6.49. The summed E-state index contributed by atoms with van der Waals surface area (Å²) in [6.07, 6.45) is 4.41. The maximum absolute atomic E-state index is 6.25. The molecule has 0 saturated carbocycles. The van der Waals surface area contributed by atoms with Crippen molar-refractivity contribution in [2.24, 2.45) is 5.73 Å². The van der Waals surface area contributed by atoms with Crippen LogP contribution in [0, 0.1) is 0 Å². The van der Waals surface area contributed by atoms with Gasteiger partial charge in [0, 0.05) is 12.6 Å². The van der Waals surface area contributed by atoms with Crippen molar-refractivity contribution < 1.29 is 14.2 Å². The molecule has 3 unspecified atom stereocenters. The van der Waals surface area contributed by atoms with E-state index in [1.807, 2.05) is 24.3 Å². The molecule has 1 aromatic carbocycles. The summed E-state index contributed by atoms with van der Waals surface area (Å²) in [5.41, 5.74) is 7.32. The van der Waals surface area contributed by atoms with Crippen LogP contribution in [0.3, 0.4) is 0 Å². The maximum Gasteiger partial charge on any atom is 0.119 e. The SMILES string of the molecule is CCC(N)C(OCC1CCCCO1)c1cccc(OC)c1. The summed E-state index contributed by atoms with van der Waals surface area (Å²) in [5, 5.41) is 0. The Balaban J connectivity index is 2.02. The van der Waals surface area contributed by atoms with E-state index >= 15 is 0 Å². The second-order valence-corrected chi connectivity index (χ2v) is 5.59. The van der Waals surface area contributed by atoms with Gasteiger partial charge in [-0.05, 0) is 43.4 Å². The van der Waals surface area contributed by atoms with E-state index in [0.717, 1.165) is 37.2 Å². The zero-order chi connectivity index (χ0) is 15.1. The predicted octanol–water partition coefficient (Wildman–Crippen LogP) is 3.06. The fourth-order valence-electron chi connectivity index (χ4n) is 2.65. The second kappa shape index (κ2) is 8.37. The van der Waals surface area contributed by atoms with Gasteiger partial charge in [0.1, 0.15) is 5.75 Å². The van der Waals surface area contributed by atoms with E-state index in [1.165, 1.54) is 6.42 Å². The Hall–Kier alpha value is -1.10. The molecule has 0 bridgehead atoms. The van der Waals surface area contributed by atoms with Crippen LogP contribution in [0.15, 0.2) is 24.3 Å². The minimum absolute atomic E-state index is 0.0271. The fraction of sp³-hybridized carbons (Fsp3) is 0.647. The third-order valence-corrected chi connectivity index (χ3v) is 4.02. The average molecular weight is 293 g/mol. The van der Waals surface area contributed by atoms with Crippen LogP contribution in [-0.2, 0) is 9.47 Å². The summed E-state index contributed by atoms with van der Waals surface area (Å²) in [7, 11) is 1.67. The van der Waals surface area contributed by atoms with E-state index < -0.39 is 0 Å². The van der Waals surface area contributed by atoms with Gasteiger partial charge >= 0.3 is 0 Å². The van der Waals surface area contributed by atoms with Crippen LogP contribution in [0.5, 0.6) is 5.75 Å². The first-order chi connectivity index (χ1) is 10.2. The van der Waals surface area contributed by atoms with Crippen molar-refractivity contribution in [1.82, 2.24) is 0 Å². The molecule has 118 valence electrons. The third kappa shape index (κ3) is 4.70. The highest BCUT2D eigenvalue weighted by molar-refractivity contribution is 5.30. The van der Waals surface area contributed by atoms with Gasteiger partial charge in [-0.3, -0.25) is 0 Å². The van der Waals surface area contributed by atoms with Gasteiger partial charge in [0.2, 0.25) is 0 Å². The Morgan fingerprint density at radius 3 is 2.90 bits per heavy atom. The molecular formula is C17H27NO3. The zero-order valence-electron chi connectivity index (χ0n) is 13.1. The first-order valence-corrected chi connectivity index (χ1v) is 7.87. The topological polar surface area (TPSA) is 53.7 Å². The van der Waals surface area contributed by atoms with Crippen molar-refractivity contribution in [2.75, 3.05) is 20.3 Å². The zero-order valence-corrected chi connectivity index (χ0v) is 13.1. The standard InChI is InChI=1S/C17H27NO3/c1-3-16(18)17(13-7-6-9-14(11-13)19-2)21-12-15-8-4-5-10-20-15/h6-7,9,11,15-17H,3-5,8,10,12,18H2,1-2H3. The van der Waals surface area contributed by atoms with Gasteiger partial charge in [-0.25, -0.2) is 0 Å². The van der Waals surface area contributed by atoms with Gasteiger partial charge in [-0.2, -0.15) is 0 Å². The lowest BCUT2D eigenvalue weighted by molar-refractivity contribution is -0.0695. The van der Waals surface area contributed by atoms with Gasteiger partial charge in [0.25, 0.3) is 0 Å². The van der Waals surface area contributed by atoms with Crippen LogP contribution in [-0.4, -0.2) is 32.5 Å². The molecule has 0 aromatic heterocycles. The van der Waals surface area contributed by atoms with Gasteiger partial charge < -0.3 is 19.9 Å². The van der Waals surface area contributed by atoms with E-state index in [9.17, 15) is 0 Å². The Labute approximate surface area is 127 Å². The highest BCUT2D eigenvalue weighted by Crippen LogP contribution is 2.26. The van der Waals surface area contributed by atoms with E-state index in [1.54, 1.807) is 7.11 Å². The Bertz CT molecular complexity index is 418. The van der Waals surface area contributed by atoms with Crippen LogP contribution in [0.25, 0.3) is 0 Å². The normalized spacial score (nSPS) is 21.8. The minimum atomic E-state index is -0.115. The summed E-state index contributed by atoms with van der Waals surface area (Å²) in [4.78, 5) is 0. The van der Waals surface area contributed by atoms with E-state index in [4.69, 9.17) is 19.9 Å². The maximum atomic E-state index is 6.25. The smallest absolute Gasteiger partial charge is 0.119 e. The predicted molar refractivity (Wildman–Crippen MR) is 83.5 cm³/mol. The molecule has 0 spiro atoms. The number of rotatable bonds is 7. The monoisotopic (exact) mass is 293 g/mol. The summed E-state index contributed by atoms with van der Waals surface area (Å²) in [6.45, 7) is 3.53. The van der Waals surface area contributed by atoms with Crippen LogP contribution < -0.4 is 10.5 Å². The van der Waals surface area contributed by atoms with Gasteiger partial charge in [-0.15, -0.1) is 0 Å². The number of methoxy groups -OCH3 is 1. The molecule has 2 N–H and O–H groups in total. The number of nitrogens with two attached hydrogens (primary N) is 1. The Morgan fingerprint density at radius 2 is 2.24 bits per heavy atom. The molecular weight excluding hydrogens is 266 g/mol. The molecule has 1 aliphatic rings. The molecule has 1 fully saturated rings. The third-order valence-electron chi connectivity index (χ3n) is 4.02. The number of hydrogen-bond acceptors (Lipinski definition) is 4. The quantitative estimate of drug-likeness (QED) is 0.839. The van der Waals surface area contributed by atoms with Crippen molar-refractivity contribution in [3.05, 3.63) is 29.8 Å². The van der Waals surface area contributed by atoms with Crippen molar-refractivity contribution in [3.63, 3.8) is 0 Å². The van der Waals surface area contributed by atoms with Crippen molar-refractivity contribution >= 4 is 0 Å². The lowest BCUT2D eigenvalue weighted by Gasteiger charge is -2.28. The van der Waals surface area contributed by atoms with Gasteiger partial charge in [0.05, 0.1) is 25.9 Å². The molecule has 0 radical (unpaired) electrons. The lowest BCUT2D eigenvalue weighted by Crippen LogP contribution is -2.33. The van der Waals surface area contributed by atoms with Crippen LogP contribution in [0.2, 0.25) is 0 Å². The summed E-state index contributed by atoms with van der Waals surface area (Å²) in [6, 6.07) is 7.93. The van der Waals surface area contributed by atoms with E-state index in [2.05, 4.69) is 6.92 Å². The fourth-order valence-corrected chi connectivity index (χ4v) is 2.65. The summed E-state index contributed by atoms with van der Waals surface area (Å²) >= 11 is 0. The summed E-state index contributed by atoms with van der Waals surface area (Å²) < 4.78 is 17.1. The summed E-state index contributed by atoms with van der Waals surface area (Å²) in [5.74, 6) is 0.832. The average Bonchev–Trinajstić information content (AvgIpc) is 2.56. The largest absolute Gasteiger partial charge is 0.497 e. The molecule has 3 atom stereocenters. The van der Waals surface area contributed by atoms with Crippen LogP contribution in [0.4, 0.5) is 0 Å². The van der Waals surface area contributed by atoms with Crippen LogP contribution >= 0.6 is 0 Å². The second-order valence-electron chi connectivity index (χ2n) is 5.59. The highest BCUT2D eigenvalue weighted by Gasteiger charge is 2.22. The first kappa shape index (κ1) is 16.3. The molecule has 4 nitrogen and oxygen atoms in total. The molecule has 1 heterocycles. The molecule has 1 aliphatic heterocycles. The molecule has 0 amide bonds. The molecule has 1 aromatic rings. The number of hydrogen-bond donors (Lipinski definition) is 1. The minimum Gasteiger partial charge on any atom is -0.497 e. The van der Waals surface area contributed by atoms with Crippen LogP contribution in [0.1, 0.15) is 44.3 Å². The Morgan fingerprint density at radius 1 is 1.38 bits per heavy atom. The van der Waals surface area contributed by atoms with Gasteiger partial charge in [-0.1, -0.05) is 19.1 Å². The molecule has 2 rings (SSSR count). The van der Waals surface area contributed by atoms with Crippen molar-refractivity contribution in [3.8, 4) is 5.75 Å². The van der Waals surface area contributed by atoms with E-state index in [0.29, 0.717) is 6.61 Å². The highest BCUT2D eigenvalue weighted by atomic mass is 16.5.